The zero-order valence-corrected chi connectivity index (χ0v) is 16.7. The first-order valence-corrected chi connectivity index (χ1v) is 10.1. The Balaban J connectivity index is 1.68. The van der Waals surface area contributed by atoms with Crippen LogP contribution in [-0.4, -0.2) is 21.8 Å². The van der Waals surface area contributed by atoms with E-state index in [4.69, 9.17) is 4.42 Å². The molecule has 0 saturated carbocycles. The molecule has 1 N–H and O–H groups in total. The maximum Gasteiger partial charge on any atom is 0.296 e. The summed E-state index contributed by atoms with van der Waals surface area (Å²) in [5.41, 5.74) is 2.52. The second-order valence-corrected chi connectivity index (χ2v) is 8.03. The Labute approximate surface area is 175 Å². The SMILES string of the molecule is Cc1ccc2nc(N3C(=O)C(O)=C(C(=O)c4ccco4)C3c3ccccc3)sc2c1. The minimum atomic E-state index is -0.807. The Morgan fingerprint density at radius 1 is 1.13 bits per heavy atom. The van der Waals surface area contributed by atoms with E-state index in [9.17, 15) is 14.7 Å². The lowest BCUT2D eigenvalue weighted by atomic mass is 9.95. The van der Waals surface area contributed by atoms with Crippen molar-refractivity contribution in [3.63, 3.8) is 0 Å². The van der Waals surface area contributed by atoms with Crippen molar-refractivity contribution in [2.75, 3.05) is 4.90 Å². The van der Waals surface area contributed by atoms with Gasteiger partial charge in [0, 0.05) is 0 Å². The topological polar surface area (TPSA) is 83.6 Å². The highest BCUT2D eigenvalue weighted by Crippen LogP contribution is 2.44. The van der Waals surface area contributed by atoms with Crippen molar-refractivity contribution < 1.29 is 19.1 Å². The van der Waals surface area contributed by atoms with Gasteiger partial charge < -0.3 is 9.52 Å². The van der Waals surface area contributed by atoms with Crippen molar-refractivity contribution in [1.29, 1.82) is 0 Å². The van der Waals surface area contributed by atoms with Crippen molar-refractivity contribution in [1.82, 2.24) is 4.98 Å². The van der Waals surface area contributed by atoms with Gasteiger partial charge in [-0.25, -0.2) is 4.98 Å². The van der Waals surface area contributed by atoms with Gasteiger partial charge >= 0.3 is 0 Å². The first-order chi connectivity index (χ1) is 14.5. The molecule has 1 amide bonds. The van der Waals surface area contributed by atoms with Gasteiger partial charge in [-0.1, -0.05) is 47.7 Å². The molecule has 1 atom stereocenters. The van der Waals surface area contributed by atoms with Crippen LogP contribution in [0.2, 0.25) is 0 Å². The highest BCUT2D eigenvalue weighted by Gasteiger charge is 2.46. The summed E-state index contributed by atoms with van der Waals surface area (Å²) < 4.78 is 6.17. The predicted molar refractivity (Wildman–Crippen MR) is 114 cm³/mol. The number of hydrogen-bond donors (Lipinski definition) is 1. The Morgan fingerprint density at radius 2 is 1.93 bits per heavy atom. The number of nitrogens with zero attached hydrogens (tertiary/aromatic N) is 2. The van der Waals surface area contributed by atoms with Crippen molar-refractivity contribution in [3.05, 3.63) is 95.1 Å². The molecule has 0 bridgehead atoms. The van der Waals surface area contributed by atoms with Gasteiger partial charge in [0.25, 0.3) is 5.91 Å². The Kier molecular flexibility index (Phi) is 4.25. The van der Waals surface area contributed by atoms with E-state index in [1.165, 1.54) is 28.6 Å². The van der Waals surface area contributed by atoms with Gasteiger partial charge in [0.1, 0.15) is 0 Å². The van der Waals surface area contributed by atoms with Crippen LogP contribution in [-0.2, 0) is 4.79 Å². The molecular formula is C23H16N2O4S. The van der Waals surface area contributed by atoms with Crippen LogP contribution >= 0.6 is 11.3 Å². The summed E-state index contributed by atoms with van der Waals surface area (Å²) >= 11 is 1.35. The van der Waals surface area contributed by atoms with Crippen LogP contribution in [0, 0.1) is 6.92 Å². The quantitative estimate of drug-likeness (QED) is 0.474. The molecular weight excluding hydrogens is 400 g/mol. The number of aryl methyl sites for hydroxylation is 1. The number of thiazole rings is 1. The minimum Gasteiger partial charge on any atom is -0.503 e. The van der Waals surface area contributed by atoms with Crippen LogP contribution in [0.25, 0.3) is 10.2 Å². The molecule has 2 aromatic carbocycles. The second-order valence-electron chi connectivity index (χ2n) is 7.02. The third-order valence-corrected chi connectivity index (χ3v) is 6.07. The molecule has 7 heteroatoms. The van der Waals surface area contributed by atoms with Gasteiger partial charge in [-0.3, -0.25) is 14.5 Å². The van der Waals surface area contributed by atoms with Crippen LogP contribution < -0.4 is 4.90 Å². The fourth-order valence-corrected chi connectivity index (χ4v) is 4.74. The molecule has 0 fully saturated rings. The largest absolute Gasteiger partial charge is 0.503 e. The summed E-state index contributed by atoms with van der Waals surface area (Å²) in [6.07, 6.45) is 1.38. The third-order valence-electron chi connectivity index (χ3n) is 5.05. The summed E-state index contributed by atoms with van der Waals surface area (Å²) in [5.74, 6) is -1.71. The normalized spacial score (nSPS) is 16.6. The Hall–Kier alpha value is -3.71. The number of hydrogen-bond acceptors (Lipinski definition) is 6. The lowest BCUT2D eigenvalue weighted by Crippen LogP contribution is -2.30. The van der Waals surface area contributed by atoms with E-state index in [0.29, 0.717) is 10.7 Å². The molecule has 0 spiro atoms. The summed E-state index contributed by atoms with van der Waals surface area (Å²) in [7, 11) is 0. The average molecular weight is 416 g/mol. The molecule has 0 radical (unpaired) electrons. The second kappa shape index (κ2) is 6.96. The minimum absolute atomic E-state index is 0.0170. The molecule has 1 unspecified atom stereocenters. The molecule has 4 aromatic rings. The first-order valence-electron chi connectivity index (χ1n) is 9.31. The predicted octanol–water partition coefficient (Wildman–Crippen LogP) is 4.98. The van der Waals surface area contributed by atoms with Crippen LogP contribution in [0.4, 0.5) is 5.13 Å². The monoisotopic (exact) mass is 416 g/mol. The van der Waals surface area contributed by atoms with Crippen LogP contribution in [0.3, 0.4) is 0 Å². The highest BCUT2D eigenvalue weighted by molar-refractivity contribution is 7.22. The van der Waals surface area contributed by atoms with E-state index >= 15 is 0 Å². The summed E-state index contributed by atoms with van der Waals surface area (Å²) in [5, 5.41) is 11.1. The van der Waals surface area contributed by atoms with E-state index in [0.717, 1.165) is 15.8 Å². The maximum atomic E-state index is 13.1. The lowest BCUT2D eigenvalue weighted by molar-refractivity contribution is -0.117. The summed E-state index contributed by atoms with van der Waals surface area (Å²) in [6.45, 7) is 1.99. The van der Waals surface area contributed by atoms with Gasteiger partial charge in [-0.2, -0.15) is 0 Å². The van der Waals surface area contributed by atoms with Crippen molar-refractivity contribution in [2.24, 2.45) is 0 Å². The smallest absolute Gasteiger partial charge is 0.296 e. The third kappa shape index (κ3) is 2.83. The number of amides is 1. The number of Topliss-reactive ketones (excluding diaryl/α,β-unsaturated/α-hetero) is 1. The van der Waals surface area contributed by atoms with E-state index in [1.54, 1.807) is 6.07 Å². The molecule has 0 saturated heterocycles. The number of carbonyl (C=O) groups excluding carboxylic acids is 2. The number of ketones is 1. The standard InChI is InChI=1S/C23H16N2O4S/c1-13-9-10-15-17(12-13)30-23(24-15)25-19(14-6-3-2-4-7-14)18(21(27)22(25)28)20(26)16-8-5-11-29-16/h2-12,19,27H,1H3. The zero-order valence-electron chi connectivity index (χ0n) is 15.9. The van der Waals surface area contributed by atoms with Crippen molar-refractivity contribution in [2.45, 2.75) is 13.0 Å². The van der Waals surface area contributed by atoms with E-state index in [-0.39, 0.29) is 11.3 Å². The molecule has 1 aliphatic heterocycles. The number of carbonyl (C=O) groups is 2. The van der Waals surface area contributed by atoms with Gasteiger partial charge in [0.05, 0.1) is 28.1 Å². The Morgan fingerprint density at radius 3 is 2.67 bits per heavy atom. The molecule has 6 nitrogen and oxygen atoms in total. The maximum absolute atomic E-state index is 13.1. The van der Waals surface area contributed by atoms with Gasteiger partial charge in [-0.05, 0) is 42.3 Å². The van der Waals surface area contributed by atoms with Crippen molar-refractivity contribution in [3.8, 4) is 0 Å². The van der Waals surface area contributed by atoms with Gasteiger partial charge in [-0.15, -0.1) is 0 Å². The van der Waals surface area contributed by atoms with Gasteiger partial charge in [0.2, 0.25) is 5.78 Å². The number of anilines is 1. The molecule has 2 aromatic heterocycles. The number of aromatic nitrogens is 1. The summed E-state index contributed by atoms with van der Waals surface area (Å²) in [6, 6.07) is 17.3. The summed E-state index contributed by atoms with van der Waals surface area (Å²) in [4.78, 5) is 32.2. The van der Waals surface area contributed by atoms with E-state index in [2.05, 4.69) is 4.98 Å². The molecule has 148 valence electrons. The van der Waals surface area contributed by atoms with Crippen LogP contribution in [0.15, 0.2) is 82.7 Å². The Bertz CT molecular complexity index is 1310. The fourth-order valence-electron chi connectivity index (χ4n) is 3.65. The number of rotatable bonds is 4. The number of aliphatic hydroxyl groups is 1. The molecule has 30 heavy (non-hydrogen) atoms. The number of furan rings is 1. The van der Waals surface area contributed by atoms with Crippen LogP contribution in [0.1, 0.15) is 27.7 Å². The molecule has 1 aliphatic rings. The average Bonchev–Trinajstić information content (AvgIpc) is 3.47. The highest BCUT2D eigenvalue weighted by atomic mass is 32.1. The fraction of sp³-hybridized carbons (Fsp3) is 0.0870. The number of benzene rings is 2. The molecule has 3 heterocycles. The first kappa shape index (κ1) is 18.3. The zero-order chi connectivity index (χ0) is 20.8. The van der Waals surface area contributed by atoms with Crippen LogP contribution in [0.5, 0.6) is 0 Å². The molecule has 5 rings (SSSR count). The lowest BCUT2D eigenvalue weighted by Gasteiger charge is -2.24. The number of fused-ring (bicyclic) bond motifs is 1. The van der Waals surface area contributed by atoms with Gasteiger partial charge in [0.15, 0.2) is 16.7 Å². The van der Waals surface area contributed by atoms with Crippen molar-refractivity contribution >= 4 is 38.4 Å². The van der Waals surface area contributed by atoms with E-state index in [1.807, 2.05) is 55.5 Å². The van der Waals surface area contributed by atoms with E-state index < -0.39 is 23.5 Å². The molecule has 0 aliphatic carbocycles. The number of aliphatic hydroxyl groups excluding tert-OH is 1.